The summed E-state index contributed by atoms with van der Waals surface area (Å²) in [5, 5.41) is 16.7. The van der Waals surface area contributed by atoms with E-state index in [1.165, 1.54) is 12.1 Å². The molecule has 0 aliphatic rings. The van der Waals surface area contributed by atoms with Gasteiger partial charge in [-0.3, -0.25) is 5.32 Å². The Labute approximate surface area is 89.0 Å². The van der Waals surface area contributed by atoms with Gasteiger partial charge in [-0.1, -0.05) is 12.1 Å². The highest BCUT2D eigenvalue weighted by Gasteiger charge is 2.06. The monoisotopic (exact) mass is 230 g/mol. The summed E-state index contributed by atoms with van der Waals surface area (Å²) in [4.78, 5) is 0.0864. The third-order valence-electron chi connectivity index (χ3n) is 1.85. The molecular weight excluding hydrogens is 216 g/mol. The Bertz CT molecular complexity index is 411. The second-order valence-corrected chi connectivity index (χ2v) is 4.81. The first-order valence-corrected chi connectivity index (χ1v) is 5.97. The van der Waals surface area contributed by atoms with Crippen molar-refractivity contribution in [3.63, 3.8) is 0 Å². The van der Waals surface area contributed by atoms with Crippen LogP contribution in [0.15, 0.2) is 29.2 Å². The molecule has 1 aromatic rings. The van der Waals surface area contributed by atoms with Crippen molar-refractivity contribution >= 4 is 10.0 Å². The maximum Gasteiger partial charge on any atom is 0.238 e. The van der Waals surface area contributed by atoms with Gasteiger partial charge in [0.2, 0.25) is 10.0 Å². The zero-order valence-corrected chi connectivity index (χ0v) is 9.16. The highest BCUT2D eigenvalue weighted by Crippen LogP contribution is 2.08. The second-order valence-electron chi connectivity index (χ2n) is 3.25. The highest BCUT2D eigenvalue weighted by atomic mass is 32.2. The van der Waals surface area contributed by atoms with E-state index in [0.717, 1.165) is 5.56 Å². The number of rotatable bonds is 4. The van der Waals surface area contributed by atoms with Gasteiger partial charge in [-0.2, -0.15) is 0 Å². The molecule has 4 N–H and O–H groups in total. The molecule has 1 rings (SSSR count). The predicted octanol–water partition coefficient (Wildman–Crippen LogP) is -0.238. The summed E-state index contributed by atoms with van der Waals surface area (Å²) in [5.74, 6) is 0. The standard InChI is InChI=1S/C9H14N2O3S/c1-7(12)11-6-8-2-4-9(5-3-8)15(10,13)14/h2-5,7,11-12H,6H2,1H3,(H2,10,13,14). The molecule has 0 aliphatic heterocycles. The summed E-state index contributed by atoms with van der Waals surface area (Å²) < 4.78 is 21.9. The van der Waals surface area contributed by atoms with Crippen molar-refractivity contribution in [2.75, 3.05) is 0 Å². The molecule has 15 heavy (non-hydrogen) atoms. The molecule has 0 amide bonds. The minimum Gasteiger partial charge on any atom is -0.379 e. The van der Waals surface area contributed by atoms with Gasteiger partial charge in [0, 0.05) is 6.54 Å². The smallest absolute Gasteiger partial charge is 0.238 e. The molecule has 0 aromatic heterocycles. The van der Waals surface area contributed by atoms with Crippen LogP contribution in [-0.2, 0) is 16.6 Å². The summed E-state index contributed by atoms with van der Waals surface area (Å²) >= 11 is 0. The van der Waals surface area contributed by atoms with Gasteiger partial charge < -0.3 is 5.11 Å². The topological polar surface area (TPSA) is 92.4 Å². The van der Waals surface area contributed by atoms with E-state index in [0.29, 0.717) is 6.54 Å². The Morgan fingerprint density at radius 1 is 1.40 bits per heavy atom. The minimum atomic E-state index is -3.62. The SMILES string of the molecule is CC(O)NCc1ccc(S(N)(=O)=O)cc1. The van der Waals surface area contributed by atoms with Gasteiger partial charge in [-0.15, -0.1) is 0 Å². The van der Waals surface area contributed by atoms with Crippen molar-refractivity contribution in [1.82, 2.24) is 5.32 Å². The number of aliphatic hydroxyl groups excluding tert-OH is 1. The summed E-state index contributed by atoms with van der Waals surface area (Å²) in [7, 11) is -3.62. The van der Waals surface area contributed by atoms with Crippen LogP contribution in [0.4, 0.5) is 0 Å². The molecule has 84 valence electrons. The van der Waals surface area contributed by atoms with Crippen molar-refractivity contribution in [3.8, 4) is 0 Å². The Balaban J connectivity index is 2.73. The van der Waals surface area contributed by atoms with E-state index in [-0.39, 0.29) is 4.90 Å². The van der Waals surface area contributed by atoms with Gasteiger partial charge in [0.05, 0.1) is 4.90 Å². The Morgan fingerprint density at radius 3 is 2.33 bits per heavy atom. The Hall–Kier alpha value is -0.950. The highest BCUT2D eigenvalue weighted by molar-refractivity contribution is 7.89. The molecule has 0 spiro atoms. The lowest BCUT2D eigenvalue weighted by Crippen LogP contribution is -2.24. The fourth-order valence-electron chi connectivity index (χ4n) is 1.06. The average molecular weight is 230 g/mol. The lowest BCUT2D eigenvalue weighted by molar-refractivity contribution is 0.155. The minimum absolute atomic E-state index is 0.0864. The third kappa shape index (κ3) is 3.96. The molecule has 0 fully saturated rings. The quantitative estimate of drug-likeness (QED) is 0.622. The summed E-state index contributed by atoms with van der Waals surface area (Å²) in [6, 6.07) is 6.17. The summed E-state index contributed by atoms with van der Waals surface area (Å²) in [6.45, 7) is 2.08. The van der Waals surface area contributed by atoms with Crippen LogP contribution < -0.4 is 10.5 Å². The normalized spacial score (nSPS) is 13.8. The molecule has 0 radical (unpaired) electrons. The molecule has 0 saturated carbocycles. The van der Waals surface area contributed by atoms with Crippen LogP contribution >= 0.6 is 0 Å². The number of aliphatic hydroxyl groups is 1. The van der Waals surface area contributed by atoms with Crippen LogP contribution in [0.3, 0.4) is 0 Å². The van der Waals surface area contributed by atoms with Crippen molar-refractivity contribution < 1.29 is 13.5 Å². The van der Waals surface area contributed by atoms with Gasteiger partial charge >= 0.3 is 0 Å². The van der Waals surface area contributed by atoms with Crippen LogP contribution in [-0.4, -0.2) is 19.8 Å². The zero-order chi connectivity index (χ0) is 11.5. The fraction of sp³-hybridized carbons (Fsp3) is 0.333. The number of benzene rings is 1. The van der Waals surface area contributed by atoms with Crippen molar-refractivity contribution in [3.05, 3.63) is 29.8 Å². The van der Waals surface area contributed by atoms with E-state index in [2.05, 4.69) is 5.32 Å². The fourth-order valence-corrected chi connectivity index (χ4v) is 1.58. The van der Waals surface area contributed by atoms with Crippen LogP contribution in [0.25, 0.3) is 0 Å². The molecular formula is C9H14N2O3S. The predicted molar refractivity (Wildman–Crippen MR) is 56.3 cm³/mol. The van der Waals surface area contributed by atoms with E-state index < -0.39 is 16.3 Å². The number of primary sulfonamides is 1. The Kier molecular flexibility index (Phi) is 3.81. The van der Waals surface area contributed by atoms with Gasteiger partial charge in [0.15, 0.2) is 0 Å². The summed E-state index contributed by atoms with van der Waals surface area (Å²) in [6.07, 6.45) is -0.595. The van der Waals surface area contributed by atoms with E-state index in [1.807, 2.05) is 0 Å². The lowest BCUT2D eigenvalue weighted by Gasteiger charge is -2.07. The molecule has 1 aromatic carbocycles. The third-order valence-corrected chi connectivity index (χ3v) is 2.78. The van der Waals surface area contributed by atoms with E-state index in [9.17, 15) is 8.42 Å². The van der Waals surface area contributed by atoms with Crippen molar-refractivity contribution in [2.24, 2.45) is 5.14 Å². The van der Waals surface area contributed by atoms with Gasteiger partial charge in [-0.05, 0) is 24.6 Å². The number of nitrogens with two attached hydrogens (primary N) is 1. The molecule has 0 heterocycles. The molecule has 0 bridgehead atoms. The van der Waals surface area contributed by atoms with E-state index in [1.54, 1.807) is 19.1 Å². The molecule has 1 unspecified atom stereocenters. The van der Waals surface area contributed by atoms with Gasteiger partial charge in [0.1, 0.15) is 6.23 Å². The van der Waals surface area contributed by atoms with Crippen LogP contribution in [0.2, 0.25) is 0 Å². The molecule has 0 saturated heterocycles. The zero-order valence-electron chi connectivity index (χ0n) is 8.34. The largest absolute Gasteiger partial charge is 0.379 e. The van der Waals surface area contributed by atoms with Crippen LogP contribution in [0, 0.1) is 0 Å². The molecule has 6 heteroatoms. The molecule has 5 nitrogen and oxygen atoms in total. The van der Waals surface area contributed by atoms with Crippen molar-refractivity contribution in [2.45, 2.75) is 24.6 Å². The van der Waals surface area contributed by atoms with Crippen LogP contribution in [0.1, 0.15) is 12.5 Å². The first kappa shape index (κ1) is 12.1. The summed E-state index contributed by atoms with van der Waals surface area (Å²) in [5.41, 5.74) is 0.878. The maximum absolute atomic E-state index is 10.9. The first-order chi connectivity index (χ1) is 6.89. The molecule has 1 atom stereocenters. The van der Waals surface area contributed by atoms with Gasteiger partial charge in [-0.25, -0.2) is 13.6 Å². The van der Waals surface area contributed by atoms with Crippen LogP contribution in [0.5, 0.6) is 0 Å². The number of sulfonamides is 1. The number of nitrogens with one attached hydrogen (secondary N) is 1. The van der Waals surface area contributed by atoms with E-state index in [4.69, 9.17) is 10.2 Å². The van der Waals surface area contributed by atoms with Crippen molar-refractivity contribution in [1.29, 1.82) is 0 Å². The van der Waals surface area contributed by atoms with E-state index >= 15 is 0 Å². The first-order valence-electron chi connectivity index (χ1n) is 4.43. The van der Waals surface area contributed by atoms with Gasteiger partial charge in [0.25, 0.3) is 0 Å². The second kappa shape index (κ2) is 4.71. The maximum atomic E-state index is 10.9. The average Bonchev–Trinajstić information content (AvgIpc) is 2.14. The Morgan fingerprint density at radius 2 is 1.93 bits per heavy atom. The lowest BCUT2D eigenvalue weighted by atomic mass is 10.2. The molecule has 0 aliphatic carbocycles. The number of hydrogen-bond acceptors (Lipinski definition) is 4. The number of hydrogen-bond donors (Lipinski definition) is 3.